The molecule has 6 nitrogen and oxygen atoms in total. The van der Waals surface area contributed by atoms with Crippen molar-refractivity contribution in [2.75, 3.05) is 13.2 Å². The van der Waals surface area contributed by atoms with Crippen molar-refractivity contribution in [3.63, 3.8) is 0 Å². The molecule has 0 atom stereocenters. The number of aryl methyl sites for hydroxylation is 3. The van der Waals surface area contributed by atoms with Gasteiger partial charge in [-0.1, -0.05) is 18.1 Å². The fourth-order valence-corrected chi connectivity index (χ4v) is 3.04. The summed E-state index contributed by atoms with van der Waals surface area (Å²) in [5.74, 6) is 3.06. The first-order valence-electron chi connectivity index (χ1n) is 8.74. The zero-order valence-corrected chi connectivity index (χ0v) is 15.7. The van der Waals surface area contributed by atoms with Gasteiger partial charge in [-0.05, 0) is 44.0 Å². The molecule has 138 valence electrons. The van der Waals surface area contributed by atoms with Crippen molar-refractivity contribution >= 4 is 16.9 Å². The second-order valence-electron chi connectivity index (χ2n) is 6.36. The lowest BCUT2D eigenvalue weighted by Crippen LogP contribution is -2.26. The molecule has 0 unspecified atom stereocenters. The number of hydrogen-bond acceptors (Lipinski definition) is 4. The predicted molar refractivity (Wildman–Crippen MR) is 105 cm³/mol. The molecule has 0 aliphatic heterocycles. The van der Waals surface area contributed by atoms with E-state index in [1.54, 1.807) is 4.68 Å². The van der Waals surface area contributed by atoms with Gasteiger partial charge in [0, 0.05) is 19.3 Å². The van der Waals surface area contributed by atoms with Crippen molar-refractivity contribution in [2.24, 2.45) is 7.05 Å². The average Bonchev–Trinajstić information content (AvgIpc) is 2.94. The minimum Gasteiger partial charge on any atom is -0.481 e. The number of hydrogen-bond donors (Lipinski definition) is 1. The van der Waals surface area contributed by atoms with Crippen LogP contribution in [0, 0.1) is 26.2 Å². The maximum atomic E-state index is 12.7. The Kier molecular flexibility index (Phi) is 5.41. The number of fused-ring (bicyclic) bond motifs is 1. The van der Waals surface area contributed by atoms with Gasteiger partial charge in [0.1, 0.15) is 12.4 Å². The maximum Gasteiger partial charge on any atom is 0.252 e. The highest BCUT2D eigenvalue weighted by molar-refractivity contribution is 6.06. The molecular formula is C21H22N4O2. The molecule has 0 radical (unpaired) electrons. The number of rotatable bonds is 6. The maximum absolute atomic E-state index is 12.7. The summed E-state index contributed by atoms with van der Waals surface area (Å²) < 4.78 is 7.06. The summed E-state index contributed by atoms with van der Waals surface area (Å²) in [6.07, 6.45) is 5.90. The largest absolute Gasteiger partial charge is 0.481 e. The quantitative estimate of drug-likeness (QED) is 0.684. The van der Waals surface area contributed by atoms with E-state index in [1.807, 2.05) is 51.2 Å². The van der Waals surface area contributed by atoms with Gasteiger partial charge in [-0.3, -0.25) is 9.48 Å². The van der Waals surface area contributed by atoms with Crippen LogP contribution in [0.15, 0.2) is 30.3 Å². The van der Waals surface area contributed by atoms with Crippen LogP contribution >= 0.6 is 0 Å². The number of benzene rings is 1. The Bertz CT molecular complexity index is 1010. The molecule has 2 heterocycles. The second-order valence-corrected chi connectivity index (χ2v) is 6.36. The van der Waals surface area contributed by atoms with Crippen LogP contribution in [-0.4, -0.2) is 33.8 Å². The lowest BCUT2D eigenvalue weighted by molar-refractivity contribution is 0.0955. The smallest absolute Gasteiger partial charge is 0.252 e. The van der Waals surface area contributed by atoms with Crippen LogP contribution in [0.3, 0.4) is 0 Å². The van der Waals surface area contributed by atoms with Crippen molar-refractivity contribution in [1.29, 1.82) is 0 Å². The minimum absolute atomic E-state index is 0.115. The number of terminal acetylenes is 1. The van der Waals surface area contributed by atoms with E-state index in [4.69, 9.17) is 11.2 Å². The van der Waals surface area contributed by atoms with Gasteiger partial charge < -0.3 is 10.1 Å². The molecule has 1 aromatic carbocycles. The molecule has 0 saturated heterocycles. The van der Waals surface area contributed by atoms with E-state index in [0.717, 1.165) is 40.2 Å². The highest BCUT2D eigenvalue weighted by Crippen LogP contribution is 2.21. The molecule has 0 spiro atoms. The third-order valence-electron chi connectivity index (χ3n) is 4.29. The molecule has 0 aliphatic carbocycles. The average molecular weight is 362 g/mol. The van der Waals surface area contributed by atoms with Crippen LogP contribution in [0.25, 0.3) is 11.0 Å². The zero-order valence-electron chi connectivity index (χ0n) is 15.7. The molecule has 3 aromatic rings. The van der Waals surface area contributed by atoms with Crippen molar-refractivity contribution in [1.82, 2.24) is 20.1 Å². The van der Waals surface area contributed by atoms with Crippen LogP contribution in [0.5, 0.6) is 5.75 Å². The molecule has 27 heavy (non-hydrogen) atoms. The summed E-state index contributed by atoms with van der Waals surface area (Å²) in [6, 6.07) is 9.51. The molecule has 0 fully saturated rings. The number of carbonyl (C=O) groups is 1. The van der Waals surface area contributed by atoms with Crippen molar-refractivity contribution < 1.29 is 9.53 Å². The van der Waals surface area contributed by atoms with E-state index in [9.17, 15) is 4.79 Å². The fraction of sp³-hybridized carbons (Fsp3) is 0.286. The van der Waals surface area contributed by atoms with Gasteiger partial charge in [0.15, 0.2) is 5.65 Å². The third kappa shape index (κ3) is 4.09. The topological polar surface area (TPSA) is 69.0 Å². The Balaban J connectivity index is 1.66. The third-order valence-corrected chi connectivity index (χ3v) is 4.29. The molecule has 3 rings (SSSR count). The number of nitrogens with zero attached hydrogens (tertiary/aromatic N) is 3. The Hall–Kier alpha value is -3.33. The van der Waals surface area contributed by atoms with Crippen LogP contribution in [-0.2, 0) is 13.5 Å². The molecule has 0 saturated carbocycles. The number of pyridine rings is 1. The molecule has 0 aliphatic rings. The number of ether oxygens (including phenoxy) is 1. The lowest BCUT2D eigenvalue weighted by Gasteiger charge is -2.08. The molecule has 6 heteroatoms. The first-order chi connectivity index (χ1) is 13.0. The van der Waals surface area contributed by atoms with Crippen molar-refractivity contribution in [3.05, 3.63) is 52.8 Å². The van der Waals surface area contributed by atoms with E-state index in [-0.39, 0.29) is 12.5 Å². The van der Waals surface area contributed by atoms with Gasteiger partial charge >= 0.3 is 0 Å². The summed E-state index contributed by atoms with van der Waals surface area (Å²) in [6.45, 7) is 4.55. The summed E-state index contributed by atoms with van der Waals surface area (Å²) in [7, 11) is 1.83. The monoisotopic (exact) mass is 362 g/mol. The second kappa shape index (κ2) is 7.92. The standard InChI is InChI=1S/C21H22N4O2/c1-5-12-27-17-8-6-16(7-9-17)10-11-22-21(26)18-13-14(2)23-20-19(18)15(3)24-25(20)4/h1,6-9,13H,10-12H2,2-4H3,(H,22,26). The fourth-order valence-electron chi connectivity index (χ4n) is 3.04. The van der Waals surface area contributed by atoms with Gasteiger partial charge in [-0.15, -0.1) is 6.42 Å². The summed E-state index contributed by atoms with van der Waals surface area (Å²) in [4.78, 5) is 17.2. The Morgan fingerprint density at radius 1 is 1.30 bits per heavy atom. The lowest BCUT2D eigenvalue weighted by atomic mass is 10.1. The van der Waals surface area contributed by atoms with Crippen molar-refractivity contribution in [2.45, 2.75) is 20.3 Å². The van der Waals surface area contributed by atoms with Crippen LogP contribution in [0.2, 0.25) is 0 Å². The number of amides is 1. The van der Waals surface area contributed by atoms with Gasteiger partial charge in [0.2, 0.25) is 0 Å². The first kappa shape index (κ1) is 18.5. The molecule has 1 N–H and O–H groups in total. The molecule has 2 aromatic heterocycles. The minimum atomic E-state index is -0.115. The van der Waals surface area contributed by atoms with Gasteiger partial charge in [-0.25, -0.2) is 4.98 Å². The highest BCUT2D eigenvalue weighted by Gasteiger charge is 2.17. The van der Waals surface area contributed by atoms with E-state index < -0.39 is 0 Å². The molecule has 1 amide bonds. The zero-order chi connectivity index (χ0) is 19.4. The normalized spacial score (nSPS) is 10.6. The van der Waals surface area contributed by atoms with Crippen molar-refractivity contribution in [3.8, 4) is 18.1 Å². The number of aromatic nitrogens is 3. The number of carbonyl (C=O) groups excluding carboxylic acids is 1. The molecular weight excluding hydrogens is 340 g/mol. The Morgan fingerprint density at radius 2 is 2.04 bits per heavy atom. The van der Waals surface area contributed by atoms with E-state index >= 15 is 0 Å². The first-order valence-corrected chi connectivity index (χ1v) is 8.74. The predicted octanol–water partition coefficient (Wildman–Crippen LogP) is 2.57. The number of nitrogens with one attached hydrogen (secondary N) is 1. The van der Waals surface area contributed by atoms with Crippen LogP contribution in [0.1, 0.15) is 27.3 Å². The van der Waals surface area contributed by atoms with Crippen LogP contribution in [0.4, 0.5) is 0 Å². The van der Waals surface area contributed by atoms with E-state index in [0.29, 0.717) is 12.1 Å². The summed E-state index contributed by atoms with van der Waals surface area (Å²) >= 11 is 0. The molecule has 0 bridgehead atoms. The van der Waals surface area contributed by atoms with Gasteiger partial charge in [-0.2, -0.15) is 5.10 Å². The van der Waals surface area contributed by atoms with Gasteiger partial charge in [0.05, 0.1) is 16.6 Å². The Labute approximate surface area is 158 Å². The van der Waals surface area contributed by atoms with Gasteiger partial charge in [0.25, 0.3) is 5.91 Å². The van der Waals surface area contributed by atoms with E-state index in [1.165, 1.54) is 0 Å². The SMILES string of the molecule is C#CCOc1ccc(CCNC(=O)c2cc(C)nc3c2c(C)nn3C)cc1. The van der Waals surface area contributed by atoms with Crippen LogP contribution < -0.4 is 10.1 Å². The Morgan fingerprint density at radius 3 is 2.74 bits per heavy atom. The summed E-state index contributed by atoms with van der Waals surface area (Å²) in [5.41, 5.74) is 4.03. The van der Waals surface area contributed by atoms with E-state index in [2.05, 4.69) is 21.3 Å². The highest BCUT2D eigenvalue weighted by atomic mass is 16.5. The summed E-state index contributed by atoms with van der Waals surface area (Å²) in [5, 5.41) is 8.17.